The summed E-state index contributed by atoms with van der Waals surface area (Å²) >= 11 is 6.32. The summed E-state index contributed by atoms with van der Waals surface area (Å²) in [6, 6.07) is 11.1. The van der Waals surface area contributed by atoms with Crippen LogP contribution < -0.4 is 14.4 Å². The monoisotopic (exact) mass is 614 g/mol. The number of fused-ring (bicyclic) bond motifs is 4. The molecule has 0 saturated heterocycles. The molecule has 2 fully saturated rings. The van der Waals surface area contributed by atoms with Gasteiger partial charge in [0.25, 0.3) is 5.91 Å². The predicted octanol–water partition coefficient (Wildman–Crippen LogP) is 5.96. The van der Waals surface area contributed by atoms with E-state index in [1.165, 1.54) is 5.56 Å². The first kappa shape index (κ1) is 29.8. The number of nitrogens with zero attached hydrogens (tertiary/aromatic N) is 1. The maximum Gasteiger partial charge on any atom is 0.264 e. The van der Waals surface area contributed by atoms with Gasteiger partial charge in [-0.3, -0.25) is 4.79 Å². The fourth-order valence-corrected chi connectivity index (χ4v) is 9.21. The minimum atomic E-state index is -3.86. The number of hydrogen-bond donors (Lipinski definition) is 2. The molecule has 2 aromatic rings. The highest BCUT2D eigenvalue weighted by atomic mass is 35.5. The van der Waals surface area contributed by atoms with E-state index in [9.17, 15) is 18.3 Å². The van der Waals surface area contributed by atoms with E-state index in [-0.39, 0.29) is 11.8 Å². The average molecular weight is 615 g/mol. The Labute approximate surface area is 255 Å². The fourth-order valence-electron chi connectivity index (χ4n) is 7.99. The van der Waals surface area contributed by atoms with Crippen molar-refractivity contribution < 1.29 is 23.1 Å². The molecule has 1 amide bonds. The second kappa shape index (κ2) is 11.3. The van der Waals surface area contributed by atoms with Gasteiger partial charge in [-0.2, -0.15) is 0 Å². The van der Waals surface area contributed by atoms with Crippen molar-refractivity contribution in [1.29, 1.82) is 0 Å². The van der Waals surface area contributed by atoms with Gasteiger partial charge in [0, 0.05) is 23.7 Å². The van der Waals surface area contributed by atoms with E-state index in [0.29, 0.717) is 47.1 Å². The minimum absolute atomic E-state index is 0.165. The minimum Gasteiger partial charge on any atom is -0.487 e. The molecule has 2 N–H and O–H groups in total. The highest BCUT2D eigenvalue weighted by Gasteiger charge is 2.60. The first-order valence-electron chi connectivity index (χ1n) is 15.5. The van der Waals surface area contributed by atoms with Gasteiger partial charge in [0.15, 0.2) is 0 Å². The van der Waals surface area contributed by atoms with Crippen molar-refractivity contribution in [2.24, 2.45) is 29.6 Å². The maximum atomic E-state index is 13.3. The van der Waals surface area contributed by atoms with Crippen molar-refractivity contribution in [2.45, 2.75) is 83.2 Å². The number of rotatable bonds is 0. The molecule has 228 valence electrons. The number of aliphatic hydroxyl groups is 1. The Kier molecular flexibility index (Phi) is 8.03. The van der Waals surface area contributed by atoms with Crippen LogP contribution in [-0.2, 0) is 23.1 Å². The summed E-state index contributed by atoms with van der Waals surface area (Å²) in [5.74, 6) is 1.36. The van der Waals surface area contributed by atoms with Crippen LogP contribution in [0.1, 0.15) is 80.8 Å². The van der Waals surface area contributed by atoms with Gasteiger partial charge in [-0.05, 0) is 130 Å². The number of benzene rings is 2. The van der Waals surface area contributed by atoms with Crippen molar-refractivity contribution in [3.8, 4) is 5.75 Å². The normalized spacial score (nSPS) is 34.7. The third-order valence-electron chi connectivity index (χ3n) is 10.8. The molecular formula is C33H43ClN2O5S. The lowest BCUT2D eigenvalue weighted by atomic mass is 9.63. The number of sulfonamides is 1. The van der Waals surface area contributed by atoms with Crippen molar-refractivity contribution in [3.63, 3.8) is 0 Å². The zero-order chi connectivity index (χ0) is 29.8. The lowest BCUT2D eigenvalue weighted by Gasteiger charge is -2.48. The van der Waals surface area contributed by atoms with E-state index in [2.05, 4.69) is 16.5 Å². The molecule has 0 unspecified atom stereocenters. The standard InChI is InChI=1S/C33H43ClN2O5S/c1-20-7-12-27-21(2)31(27)33(3,38)28-13-9-24(28)18-36-15-5-4-6-22-16-26(34)11-8-25(22)19-41-30-14-10-23(17-29(30)36)32(37)35-42(20,39)40/h8,10-11,14,16-17,20-21,24,27-28,31,38H,4-7,9,12-13,15,18-19H2,1-3H3,(H,35,37)/t20-,21+,24+,27-,28-,31-,33-/m1/s1. The number of hydrogen-bond acceptors (Lipinski definition) is 6. The van der Waals surface area contributed by atoms with E-state index in [1.807, 2.05) is 25.1 Å². The molecule has 42 heavy (non-hydrogen) atoms. The van der Waals surface area contributed by atoms with Crippen molar-refractivity contribution >= 4 is 33.2 Å². The molecule has 7 atom stereocenters. The van der Waals surface area contributed by atoms with Gasteiger partial charge in [0.05, 0.1) is 16.5 Å². The van der Waals surface area contributed by atoms with Gasteiger partial charge in [-0.15, -0.1) is 0 Å². The fraction of sp³-hybridized carbons (Fsp3) is 0.606. The Morgan fingerprint density at radius 1 is 1.05 bits per heavy atom. The van der Waals surface area contributed by atoms with Crippen LogP contribution in [0.3, 0.4) is 0 Å². The van der Waals surface area contributed by atoms with E-state index < -0.39 is 26.8 Å². The zero-order valence-electron chi connectivity index (χ0n) is 24.8. The first-order chi connectivity index (χ1) is 20.0. The van der Waals surface area contributed by atoms with Gasteiger partial charge in [0.1, 0.15) is 12.4 Å². The largest absolute Gasteiger partial charge is 0.487 e. The van der Waals surface area contributed by atoms with Crippen LogP contribution in [0.5, 0.6) is 5.75 Å². The van der Waals surface area contributed by atoms with Crippen molar-refractivity contribution in [1.82, 2.24) is 4.72 Å². The number of ether oxygens (including phenoxy) is 1. The van der Waals surface area contributed by atoms with E-state index >= 15 is 0 Å². The molecule has 0 aromatic heterocycles. The summed E-state index contributed by atoms with van der Waals surface area (Å²) < 4.78 is 35.1. The number of anilines is 1. The Bertz CT molecular complexity index is 1460. The molecule has 9 heteroatoms. The number of amides is 1. The number of nitrogens with one attached hydrogen (secondary N) is 1. The highest BCUT2D eigenvalue weighted by Crippen LogP contribution is 2.60. The van der Waals surface area contributed by atoms with Gasteiger partial charge >= 0.3 is 0 Å². The van der Waals surface area contributed by atoms with Crippen molar-refractivity contribution in [3.05, 3.63) is 58.1 Å². The van der Waals surface area contributed by atoms with Crippen LogP contribution in [0, 0.1) is 29.6 Å². The SMILES string of the molecule is C[C@H]1[C@H]2CC[C@@H](C)S(=O)(=O)NC(=O)c3ccc4c(c3)N(CCCCc3cc(Cl)ccc3CO4)C[C@@H]3CC[C@H]3[C@@](C)(O)[C@H]12. The molecule has 7 nitrogen and oxygen atoms in total. The summed E-state index contributed by atoms with van der Waals surface area (Å²) in [7, 11) is -3.86. The summed E-state index contributed by atoms with van der Waals surface area (Å²) in [4.78, 5) is 15.6. The molecule has 4 aliphatic rings. The van der Waals surface area contributed by atoms with E-state index in [4.69, 9.17) is 16.3 Å². The molecule has 2 heterocycles. The van der Waals surface area contributed by atoms with Crippen LogP contribution in [0.25, 0.3) is 0 Å². The molecule has 0 spiro atoms. The predicted molar refractivity (Wildman–Crippen MR) is 165 cm³/mol. The van der Waals surface area contributed by atoms with Gasteiger partial charge in [-0.1, -0.05) is 24.6 Å². The van der Waals surface area contributed by atoms with Crippen LogP contribution in [0.2, 0.25) is 5.02 Å². The number of halogens is 1. The lowest BCUT2D eigenvalue weighted by Crippen LogP contribution is -2.51. The summed E-state index contributed by atoms with van der Waals surface area (Å²) in [5.41, 5.74) is 2.55. The van der Waals surface area contributed by atoms with Crippen LogP contribution in [0.4, 0.5) is 5.69 Å². The molecule has 2 aliphatic heterocycles. The maximum absolute atomic E-state index is 13.3. The van der Waals surface area contributed by atoms with Gasteiger partial charge in [0.2, 0.25) is 10.0 Å². The first-order valence-corrected chi connectivity index (χ1v) is 17.5. The number of carbonyl (C=O) groups is 1. The smallest absolute Gasteiger partial charge is 0.264 e. The quantitative estimate of drug-likeness (QED) is 0.380. The van der Waals surface area contributed by atoms with Gasteiger partial charge in [-0.25, -0.2) is 13.1 Å². The Balaban J connectivity index is 1.39. The molecule has 2 bridgehead atoms. The van der Waals surface area contributed by atoms with Crippen molar-refractivity contribution in [2.75, 3.05) is 18.0 Å². The summed E-state index contributed by atoms with van der Waals surface area (Å²) in [6.07, 6.45) is 6.04. The molecule has 2 aromatic carbocycles. The molecular weight excluding hydrogens is 572 g/mol. The second-order valence-corrected chi connectivity index (χ2v) is 15.9. The topological polar surface area (TPSA) is 95.9 Å². The zero-order valence-corrected chi connectivity index (χ0v) is 26.4. The van der Waals surface area contributed by atoms with Gasteiger partial charge < -0.3 is 14.7 Å². The highest BCUT2D eigenvalue weighted by molar-refractivity contribution is 7.90. The Morgan fingerprint density at radius 2 is 1.86 bits per heavy atom. The third-order valence-corrected chi connectivity index (χ3v) is 12.8. The third kappa shape index (κ3) is 5.67. The molecule has 2 aliphatic carbocycles. The average Bonchev–Trinajstić information content (AvgIpc) is 3.59. The molecule has 2 saturated carbocycles. The Morgan fingerprint density at radius 3 is 2.62 bits per heavy atom. The summed E-state index contributed by atoms with van der Waals surface area (Å²) in [6.45, 7) is 7.74. The number of carbonyl (C=O) groups excluding carboxylic acids is 1. The molecule has 0 radical (unpaired) electrons. The molecule has 6 rings (SSSR count). The Hall–Kier alpha value is -2.29. The second-order valence-electron chi connectivity index (χ2n) is 13.4. The van der Waals surface area contributed by atoms with Crippen LogP contribution in [-0.4, -0.2) is 43.4 Å². The summed E-state index contributed by atoms with van der Waals surface area (Å²) in [5, 5.41) is 11.9. The van der Waals surface area contributed by atoms with Crippen LogP contribution >= 0.6 is 11.6 Å². The number of aryl methyl sites for hydroxylation is 1. The lowest BCUT2D eigenvalue weighted by molar-refractivity contribution is -0.0890. The van der Waals surface area contributed by atoms with E-state index in [1.54, 1.807) is 25.1 Å². The van der Waals surface area contributed by atoms with E-state index in [0.717, 1.165) is 62.9 Å². The van der Waals surface area contributed by atoms with Crippen LogP contribution in [0.15, 0.2) is 36.4 Å².